The quantitative estimate of drug-likeness (QED) is 0.304. The minimum atomic E-state index is 0. The van der Waals surface area contributed by atoms with E-state index in [2.05, 4.69) is 49.1 Å². The monoisotopic (exact) mass is 533 g/mol. The lowest BCUT2D eigenvalue weighted by atomic mass is 9.92. The Kier molecular flexibility index (Phi) is 11.4. The highest BCUT2D eigenvalue weighted by Crippen LogP contribution is 2.19. The Morgan fingerprint density at radius 1 is 1.07 bits per heavy atom. The Balaban J connectivity index is 0.00000320. The van der Waals surface area contributed by atoms with E-state index < -0.39 is 0 Å². The Morgan fingerprint density at radius 2 is 1.83 bits per heavy atom. The molecule has 1 saturated heterocycles. The van der Waals surface area contributed by atoms with E-state index in [1.807, 2.05) is 7.05 Å². The second kappa shape index (κ2) is 13.5. The molecule has 172 valence electrons. The highest BCUT2D eigenvalue weighted by atomic mass is 127. The summed E-state index contributed by atoms with van der Waals surface area (Å²) >= 11 is 0. The average Bonchev–Trinajstić information content (AvgIpc) is 2.99. The molecule has 0 aromatic carbocycles. The summed E-state index contributed by atoms with van der Waals surface area (Å²) in [6.45, 7) is 10.9. The number of ether oxygens (including phenoxy) is 1. The molecule has 0 spiro atoms. The number of fused-ring (bicyclic) bond motifs is 1. The molecule has 2 aliphatic rings. The van der Waals surface area contributed by atoms with E-state index in [4.69, 9.17) is 4.74 Å². The van der Waals surface area contributed by atoms with Gasteiger partial charge in [0, 0.05) is 45.7 Å². The second-order valence-corrected chi connectivity index (χ2v) is 8.09. The van der Waals surface area contributed by atoms with Crippen LogP contribution in [0, 0.1) is 5.92 Å². The molecule has 8 nitrogen and oxygen atoms in total. The van der Waals surface area contributed by atoms with Gasteiger partial charge in [0.2, 0.25) is 0 Å². The zero-order valence-corrected chi connectivity index (χ0v) is 21.2. The Bertz CT molecular complexity index is 641. The van der Waals surface area contributed by atoms with Crippen LogP contribution in [-0.4, -0.2) is 71.6 Å². The number of morpholine rings is 1. The van der Waals surface area contributed by atoms with E-state index >= 15 is 0 Å². The molecule has 0 bridgehead atoms. The van der Waals surface area contributed by atoms with Gasteiger partial charge in [-0.3, -0.25) is 9.89 Å². The molecule has 3 heterocycles. The van der Waals surface area contributed by atoms with Crippen LogP contribution in [0.15, 0.2) is 4.99 Å². The highest BCUT2D eigenvalue weighted by molar-refractivity contribution is 14.0. The summed E-state index contributed by atoms with van der Waals surface area (Å²) in [6, 6.07) is 0.497. The van der Waals surface area contributed by atoms with E-state index in [0.717, 1.165) is 63.4 Å². The number of aromatic nitrogens is 3. The molecule has 0 amide bonds. The first kappa shape index (κ1) is 25.3. The summed E-state index contributed by atoms with van der Waals surface area (Å²) in [5, 5.41) is 15.8. The third-order valence-corrected chi connectivity index (χ3v) is 6.41. The maximum atomic E-state index is 5.56. The van der Waals surface area contributed by atoms with Gasteiger partial charge in [-0.05, 0) is 18.8 Å². The van der Waals surface area contributed by atoms with Gasteiger partial charge in [-0.15, -0.1) is 34.2 Å². The number of hydrogen-bond acceptors (Lipinski definition) is 5. The number of aliphatic imine (C=N–C) groups is 1. The van der Waals surface area contributed by atoms with Crippen LogP contribution in [0.2, 0.25) is 0 Å². The lowest BCUT2D eigenvalue weighted by molar-refractivity contribution is 0.00272. The predicted molar refractivity (Wildman–Crippen MR) is 131 cm³/mol. The first-order valence-electron chi connectivity index (χ1n) is 11.4. The molecule has 30 heavy (non-hydrogen) atoms. The summed E-state index contributed by atoms with van der Waals surface area (Å²) in [7, 11) is 1.83. The molecule has 0 saturated carbocycles. The van der Waals surface area contributed by atoms with Gasteiger partial charge in [-0.2, -0.15) is 0 Å². The average molecular weight is 534 g/mol. The lowest BCUT2D eigenvalue weighted by Crippen LogP contribution is -2.53. The maximum Gasteiger partial charge on any atom is 0.191 e. The van der Waals surface area contributed by atoms with E-state index in [0.29, 0.717) is 18.5 Å². The van der Waals surface area contributed by atoms with Crippen LogP contribution in [0.3, 0.4) is 0 Å². The van der Waals surface area contributed by atoms with Gasteiger partial charge in [0.25, 0.3) is 0 Å². The fourth-order valence-corrected chi connectivity index (χ4v) is 4.60. The number of nitrogens with zero attached hydrogens (tertiary/aromatic N) is 5. The Labute approximate surface area is 198 Å². The Morgan fingerprint density at radius 3 is 2.53 bits per heavy atom. The van der Waals surface area contributed by atoms with E-state index in [1.165, 1.54) is 32.1 Å². The van der Waals surface area contributed by atoms with Crippen molar-refractivity contribution < 1.29 is 4.74 Å². The van der Waals surface area contributed by atoms with Crippen molar-refractivity contribution in [1.82, 2.24) is 30.3 Å². The molecule has 1 fully saturated rings. The number of hydrogen-bond donors (Lipinski definition) is 2. The molecule has 1 aromatic heterocycles. The normalized spacial score (nSPS) is 19.0. The lowest BCUT2D eigenvalue weighted by Gasteiger charge is -2.39. The summed E-state index contributed by atoms with van der Waals surface area (Å²) in [5.41, 5.74) is 0. The van der Waals surface area contributed by atoms with Crippen molar-refractivity contribution >= 4 is 29.9 Å². The molecular weight excluding hydrogens is 493 g/mol. The van der Waals surface area contributed by atoms with Crippen molar-refractivity contribution in [1.29, 1.82) is 0 Å². The van der Waals surface area contributed by atoms with Crippen LogP contribution in [0.25, 0.3) is 0 Å². The SMILES string of the molecule is CCC(CC)C(CNC(=NC)NCc1nnc2n1CCCCC2)N1CCOCC1.I. The van der Waals surface area contributed by atoms with Crippen molar-refractivity contribution in [3.8, 4) is 0 Å². The fraction of sp³-hybridized carbons (Fsp3) is 0.857. The van der Waals surface area contributed by atoms with Crippen molar-refractivity contribution in [2.75, 3.05) is 39.9 Å². The number of halogens is 1. The largest absolute Gasteiger partial charge is 0.379 e. The van der Waals surface area contributed by atoms with Crippen LogP contribution < -0.4 is 10.6 Å². The third-order valence-electron chi connectivity index (χ3n) is 6.41. The van der Waals surface area contributed by atoms with Crippen LogP contribution in [0.5, 0.6) is 0 Å². The van der Waals surface area contributed by atoms with Crippen LogP contribution in [0.1, 0.15) is 57.6 Å². The third kappa shape index (κ3) is 6.78. The number of guanidine groups is 1. The van der Waals surface area contributed by atoms with Gasteiger partial charge < -0.3 is 19.9 Å². The minimum absolute atomic E-state index is 0. The van der Waals surface area contributed by atoms with Crippen LogP contribution in [-0.2, 0) is 24.2 Å². The van der Waals surface area contributed by atoms with Gasteiger partial charge in [0.05, 0.1) is 19.8 Å². The number of rotatable bonds is 8. The first-order valence-corrected chi connectivity index (χ1v) is 11.4. The highest BCUT2D eigenvalue weighted by Gasteiger charge is 2.27. The van der Waals surface area contributed by atoms with Crippen molar-refractivity contribution in [2.24, 2.45) is 10.9 Å². The molecule has 0 aliphatic carbocycles. The van der Waals surface area contributed by atoms with E-state index in [-0.39, 0.29) is 24.0 Å². The van der Waals surface area contributed by atoms with Crippen molar-refractivity contribution in [3.05, 3.63) is 11.6 Å². The molecule has 0 radical (unpaired) electrons. The molecule has 3 rings (SSSR count). The van der Waals surface area contributed by atoms with Gasteiger partial charge in [-0.25, -0.2) is 0 Å². The maximum absolute atomic E-state index is 5.56. The topological polar surface area (TPSA) is 79.6 Å². The molecule has 1 atom stereocenters. The first-order chi connectivity index (χ1) is 14.3. The molecule has 1 unspecified atom stereocenters. The van der Waals surface area contributed by atoms with Crippen LogP contribution >= 0.6 is 24.0 Å². The second-order valence-electron chi connectivity index (χ2n) is 8.09. The van der Waals surface area contributed by atoms with Crippen LogP contribution in [0.4, 0.5) is 0 Å². The zero-order valence-electron chi connectivity index (χ0n) is 18.9. The summed E-state index contributed by atoms with van der Waals surface area (Å²) in [6.07, 6.45) is 7.13. The number of nitrogens with one attached hydrogen (secondary N) is 2. The molecule has 2 N–H and O–H groups in total. The zero-order chi connectivity index (χ0) is 20.5. The van der Waals surface area contributed by atoms with Crippen molar-refractivity contribution in [2.45, 2.75) is 71.5 Å². The number of aryl methyl sites for hydroxylation is 1. The molecule has 1 aromatic rings. The van der Waals surface area contributed by atoms with E-state index in [9.17, 15) is 0 Å². The van der Waals surface area contributed by atoms with Gasteiger partial charge in [0.1, 0.15) is 5.82 Å². The Hall–Kier alpha value is -0.940. The standard InChI is InChI=1S/C21H39N7O.HI/c1-4-17(5-2)18(27-11-13-29-14-12-27)15-23-21(22-3)24-16-20-26-25-19-9-7-6-8-10-28(19)20;/h17-18H,4-16H2,1-3H3,(H2,22,23,24);1H. The van der Waals surface area contributed by atoms with E-state index in [1.54, 1.807) is 0 Å². The van der Waals surface area contributed by atoms with Crippen molar-refractivity contribution in [3.63, 3.8) is 0 Å². The molecular formula is C21H40IN7O. The van der Waals surface area contributed by atoms with Gasteiger partial charge >= 0.3 is 0 Å². The smallest absolute Gasteiger partial charge is 0.191 e. The summed E-state index contributed by atoms with van der Waals surface area (Å²) in [4.78, 5) is 7.02. The summed E-state index contributed by atoms with van der Waals surface area (Å²) in [5.74, 6) is 3.64. The molecule has 9 heteroatoms. The summed E-state index contributed by atoms with van der Waals surface area (Å²) < 4.78 is 7.85. The van der Waals surface area contributed by atoms with Gasteiger partial charge in [-0.1, -0.05) is 33.1 Å². The van der Waals surface area contributed by atoms with Gasteiger partial charge in [0.15, 0.2) is 11.8 Å². The predicted octanol–water partition coefficient (Wildman–Crippen LogP) is 2.42. The minimum Gasteiger partial charge on any atom is -0.379 e. The molecule has 2 aliphatic heterocycles. The fourth-order valence-electron chi connectivity index (χ4n) is 4.60.